The van der Waals surface area contributed by atoms with Gasteiger partial charge in [-0.2, -0.15) is 0 Å². The van der Waals surface area contributed by atoms with E-state index in [1.54, 1.807) is 0 Å². The normalized spacial score (nSPS) is 14.1. The van der Waals surface area contributed by atoms with Crippen LogP contribution in [0.2, 0.25) is 0 Å². The molecule has 18 heavy (non-hydrogen) atoms. The average Bonchev–Trinajstić information content (AvgIpc) is 2.74. The largest absolute Gasteiger partial charge is 0.398 e. The Labute approximate surface area is 109 Å². The van der Waals surface area contributed by atoms with Crippen molar-refractivity contribution in [2.24, 2.45) is 5.92 Å². The molecule has 0 saturated heterocycles. The highest BCUT2D eigenvalue weighted by molar-refractivity contribution is 5.97. The molecule has 0 saturated carbocycles. The molecule has 2 N–H and O–H groups in total. The Bertz CT molecular complexity index is 464. The minimum absolute atomic E-state index is 0.137. The lowest BCUT2D eigenvalue weighted by Gasteiger charge is -2.23. The van der Waals surface area contributed by atoms with Gasteiger partial charge in [0.25, 0.3) is 0 Å². The molecule has 2 rings (SSSR count). The smallest absolute Gasteiger partial charge is 0.230 e. The summed E-state index contributed by atoms with van der Waals surface area (Å²) in [6.07, 6.45) is 2.76. The van der Waals surface area contributed by atoms with E-state index in [1.807, 2.05) is 17.9 Å². The number of nitrogens with zero attached hydrogens (tertiary/aromatic N) is 1. The van der Waals surface area contributed by atoms with Crippen LogP contribution in [0, 0.1) is 12.8 Å². The predicted octanol–water partition coefficient (Wildman–Crippen LogP) is 2.90. The van der Waals surface area contributed by atoms with Crippen LogP contribution in [0.1, 0.15) is 37.8 Å². The highest BCUT2D eigenvalue weighted by Crippen LogP contribution is 2.33. The van der Waals surface area contributed by atoms with Crippen molar-refractivity contribution >= 4 is 17.3 Å². The Morgan fingerprint density at radius 1 is 1.39 bits per heavy atom. The first kappa shape index (κ1) is 12.9. The van der Waals surface area contributed by atoms with Crippen LogP contribution in [-0.2, 0) is 11.2 Å². The number of nitrogen functional groups attached to an aromatic ring is 1. The molecular formula is C15H22N2O. The summed E-state index contributed by atoms with van der Waals surface area (Å²) in [6, 6.07) is 4.07. The van der Waals surface area contributed by atoms with E-state index in [-0.39, 0.29) is 11.8 Å². The number of nitrogens with two attached hydrogens (primary N) is 1. The molecule has 1 aliphatic rings. The number of hydrogen-bond donors (Lipinski definition) is 1. The zero-order chi connectivity index (χ0) is 13.3. The summed E-state index contributed by atoms with van der Waals surface area (Å²) < 4.78 is 0. The molecule has 0 atom stereocenters. The summed E-state index contributed by atoms with van der Waals surface area (Å²) in [5.74, 6) is 0.389. The van der Waals surface area contributed by atoms with Gasteiger partial charge in [-0.05, 0) is 43.4 Å². The van der Waals surface area contributed by atoms with Crippen molar-refractivity contribution in [2.45, 2.75) is 40.0 Å². The maximum absolute atomic E-state index is 12.5. The molecular weight excluding hydrogens is 224 g/mol. The third kappa shape index (κ3) is 2.09. The molecule has 0 radical (unpaired) electrons. The first-order valence-corrected chi connectivity index (χ1v) is 6.78. The minimum Gasteiger partial charge on any atom is -0.398 e. The molecule has 1 aromatic rings. The van der Waals surface area contributed by atoms with E-state index in [2.05, 4.69) is 19.9 Å². The van der Waals surface area contributed by atoms with Crippen LogP contribution in [0.3, 0.4) is 0 Å². The van der Waals surface area contributed by atoms with Crippen molar-refractivity contribution in [1.82, 2.24) is 0 Å². The lowest BCUT2D eigenvalue weighted by atomic mass is 10.0. The van der Waals surface area contributed by atoms with E-state index >= 15 is 0 Å². The minimum atomic E-state index is 0.137. The lowest BCUT2D eigenvalue weighted by molar-refractivity contribution is -0.122. The summed E-state index contributed by atoms with van der Waals surface area (Å²) in [4.78, 5) is 14.4. The summed E-state index contributed by atoms with van der Waals surface area (Å²) in [5.41, 5.74) is 10.1. The maximum Gasteiger partial charge on any atom is 0.230 e. The van der Waals surface area contributed by atoms with Gasteiger partial charge in [-0.3, -0.25) is 4.79 Å². The Balaban J connectivity index is 2.31. The second kappa shape index (κ2) is 5.01. The van der Waals surface area contributed by atoms with Crippen LogP contribution in [0.4, 0.5) is 11.4 Å². The number of carbonyl (C=O) groups is 1. The van der Waals surface area contributed by atoms with E-state index in [0.717, 1.165) is 42.7 Å². The number of hydrogen-bond acceptors (Lipinski definition) is 2. The molecule has 0 bridgehead atoms. The summed E-state index contributed by atoms with van der Waals surface area (Å²) >= 11 is 0. The first-order valence-electron chi connectivity index (χ1n) is 6.78. The number of aryl methyl sites for hydroxylation is 1. The fraction of sp³-hybridized carbons (Fsp3) is 0.533. The van der Waals surface area contributed by atoms with Crippen LogP contribution in [0.25, 0.3) is 0 Å². The van der Waals surface area contributed by atoms with Crippen LogP contribution >= 0.6 is 0 Å². The average molecular weight is 246 g/mol. The Kier molecular flexibility index (Phi) is 3.60. The Morgan fingerprint density at radius 3 is 2.67 bits per heavy atom. The molecule has 0 aliphatic carbocycles. The number of amides is 1. The fourth-order valence-electron chi connectivity index (χ4n) is 2.66. The van der Waals surface area contributed by atoms with Crippen molar-refractivity contribution in [3.8, 4) is 0 Å². The number of rotatable bonds is 3. The highest BCUT2D eigenvalue weighted by Gasteiger charge is 2.28. The van der Waals surface area contributed by atoms with Crippen molar-refractivity contribution in [2.75, 3.05) is 17.2 Å². The van der Waals surface area contributed by atoms with Crippen LogP contribution in [0.15, 0.2) is 12.1 Å². The molecule has 1 amide bonds. The zero-order valence-electron chi connectivity index (χ0n) is 11.5. The number of carbonyl (C=O) groups excluding carboxylic acids is 1. The van der Waals surface area contributed by atoms with Gasteiger partial charge in [0.1, 0.15) is 0 Å². The van der Waals surface area contributed by atoms with Crippen LogP contribution in [-0.4, -0.2) is 12.5 Å². The van der Waals surface area contributed by atoms with E-state index < -0.39 is 0 Å². The molecule has 0 unspecified atom stereocenters. The molecule has 0 fully saturated rings. The van der Waals surface area contributed by atoms with Crippen LogP contribution < -0.4 is 10.6 Å². The molecule has 3 nitrogen and oxygen atoms in total. The summed E-state index contributed by atoms with van der Waals surface area (Å²) in [7, 11) is 0. The summed E-state index contributed by atoms with van der Waals surface area (Å²) in [5, 5.41) is 0. The quantitative estimate of drug-likeness (QED) is 0.833. The lowest BCUT2D eigenvalue weighted by Crippen LogP contribution is -2.34. The number of benzene rings is 1. The van der Waals surface area contributed by atoms with E-state index in [9.17, 15) is 4.79 Å². The molecule has 0 aromatic heterocycles. The SMILES string of the molecule is CCC(CC)C(=O)N1CCc2cc(C)c(N)cc21. The third-order valence-corrected chi connectivity index (χ3v) is 3.96. The predicted molar refractivity (Wildman–Crippen MR) is 75.7 cm³/mol. The monoisotopic (exact) mass is 246 g/mol. The van der Waals surface area contributed by atoms with Gasteiger partial charge in [-0.15, -0.1) is 0 Å². The fourth-order valence-corrected chi connectivity index (χ4v) is 2.66. The Hall–Kier alpha value is -1.51. The van der Waals surface area contributed by atoms with Gasteiger partial charge in [0.05, 0.1) is 0 Å². The van der Waals surface area contributed by atoms with Crippen molar-refractivity contribution in [1.29, 1.82) is 0 Å². The van der Waals surface area contributed by atoms with Gasteiger partial charge >= 0.3 is 0 Å². The molecule has 1 aromatic carbocycles. The van der Waals surface area contributed by atoms with Gasteiger partial charge < -0.3 is 10.6 Å². The molecule has 1 heterocycles. The standard InChI is InChI=1S/C15H22N2O/c1-4-11(5-2)15(18)17-7-6-12-8-10(3)13(16)9-14(12)17/h8-9,11H,4-7,16H2,1-3H3. The summed E-state index contributed by atoms with van der Waals surface area (Å²) in [6.45, 7) is 6.97. The van der Waals surface area contributed by atoms with Gasteiger partial charge in [0, 0.05) is 23.8 Å². The number of fused-ring (bicyclic) bond motifs is 1. The second-order valence-corrected chi connectivity index (χ2v) is 5.09. The molecule has 0 spiro atoms. The van der Waals surface area contributed by atoms with Gasteiger partial charge in [-0.25, -0.2) is 0 Å². The topological polar surface area (TPSA) is 46.3 Å². The zero-order valence-corrected chi connectivity index (χ0v) is 11.5. The van der Waals surface area contributed by atoms with Crippen molar-refractivity contribution < 1.29 is 4.79 Å². The van der Waals surface area contributed by atoms with Gasteiger partial charge in [-0.1, -0.05) is 19.9 Å². The van der Waals surface area contributed by atoms with Gasteiger partial charge in [0.15, 0.2) is 0 Å². The van der Waals surface area contributed by atoms with E-state index in [4.69, 9.17) is 5.73 Å². The molecule has 3 heteroatoms. The highest BCUT2D eigenvalue weighted by atomic mass is 16.2. The van der Waals surface area contributed by atoms with Crippen molar-refractivity contribution in [3.63, 3.8) is 0 Å². The molecule has 1 aliphatic heterocycles. The molecule has 98 valence electrons. The first-order chi connectivity index (χ1) is 8.58. The second-order valence-electron chi connectivity index (χ2n) is 5.09. The third-order valence-electron chi connectivity index (χ3n) is 3.96. The van der Waals surface area contributed by atoms with Gasteiger partial charge in [0.2, 0.25) is 5.91 Å². The van der Waals surface area contributed by atoms with E-state index in [1.165, 1.54) is 5.56 Å². The Morgan fingerprint density at radius 2 is 2.06 bits per heavy atom. The maximum atomic E-state index is 12.5. The van der Waals surface area contributed by atoms with Crippen molar-refractivity contribution in [3.05, 3.63) is 23.3 Å². The van der Waals surface area contributed by atoms with E-state index in [0.29, 0.717) is 0 Å². The number of anilines is 2. The van der Waals surface area contributed by atoms with Crippen LogP contribution in [0.5, 0.6) is 0 Å².